The maximum Gasteiger partial charge on any atom is 0.259 e. The summed E-state index contributed by atoms with van der Waals surface area (Å²) in [6.45, 7) is 1.69. The van der Waals surface area contributed by atoms with Crippen molar-refractivity contribution in [3.8, 4) is 0 Å². The number of methoxy groups -OCH3 is 1. The van der Waals surface area contributed by atoms with Crippen molar-refractivity contribution in [2.24, 2.45) is 5.92 Å². The van der Waals surface area contributed by atoms with Crippen molar-refractivity contribution < 1.29 is 15.0 Å². The third-order valence-corrected chi connectivity index (χ3v) is 5.52. The number of carbonyl (C=O) groups is 1. The Labute approximate surface area is 178 Å². The average Bonchev–Trinajstić information content (AvgIpc) is 3.43. The first-order valence-corrected chi connectivity index (χ1v) is 9.97. The topological polar surface area (TPSA) is 93.1 Å². The Hall–Kier alpha value is -2.91. The minimum Gasteiger partial charge on any atom is -0.367 e. The van der Waals surface area contributed by atoms with Crippen molar-refractivity contribution in [1.82, 2.24) is 20.4 Å². The van der Waals surface area contributed by atoms with Crippen LogP contribution in [0.1, 0.15) is 28.6 Å². The third-order valence-electron chi connectivity index (χ3n) is 4.66. The summed E-state index contributed by atoms with van der Waals surface area (Å²) >= 11 is 1.19. The quantitative estimate of drug-likeness (QED) is 0.635. The Bertz CT molecular complexity index is 1080. The molecule has 1 saturated heterocycles. The Morgan fingerprint density at radius 2 is 2.24 bits per heavy atom. The Balaban J connectivity index is 1.41. The van der Waals surface area contributed by atoms with Crippen molar-refractivity contribution in [3.05, 3.63) is 59.2 Å². The second-order valence-corrected chi connectivity index (χ2v) is 7.70. The molecule has 2 aromatic heterocycles. The fourth-order valence-corrected chi connectivity index (χ4v) is 4.13. The molecule has 0 aliphatic carbocycles. The van der Waals surface area contributed by atoms with Gasteiger partial charge < -0.3 is 9.64 Å². The molecule has 1 N–H and O–H groups in total. The van der Waals surface area contributed by atoms with E-state index in [-0.39, 0.29) is 10.7 Å². The van der Waals surface area contributed by atoms with Crippen LogP contribution in [0.15, 0.2) is 48.7 Å². The number of anilines is 2. The third kappa shape index (κ3) is 4.75. The van der Waals surface area contributed by atoms with Crippen molar-refractivity contribution in [2.75, 3.05) is 30.3 Å². The van der Waals surface area contributed by atoms with Crippen LogP contribution >= 0.6 is 11.3 Å². The Morgan fingerprint density at radius 3 is 3.03 bits per heavy atom. The summed E-state index contributed by atoms with van der Waals surface area (Å²) in [6.07, 6.45) is 0.816. The van der Waals surface area contributed by atoms with Crippen molar-refractivity contribution in [2.45, 2.75) is 18.9 Å². The molecule has 0 spiro atoms. The van der Waals surface area contributed by atoms with Gasteiger partial charge in [-0.25, -0.2) is 0 Å². The van der Waals surface area contributed by atoms with Crippen LogP contribution in [0.25, 0.3) is 0 Å². The molecule has 1 aromatic carbocycles. The fourth-order valence-electron chi connectivity index (χ4n) is 3.28. The number of amides is 1. The number of nitrogens with zero attached hydrogens (tertiary/aromatic N) is 5. The van der Waals surface area contributed by atoms with Gasteiger partial charge in [-0.05, 0) is 30.0 Å². The molecule has 1 aliphatic heterocycles. The van der Waals surface area contributed by atoms with Crippen molar-refractivity contribution >= 4 is 28.2 Å². The highest BCUT2D eigenvalue weighted by Gasteiger charge is 2.26. The molecule has 0 saturated carbocycles. The highest BCUT2D eigenvalue weighted by Crippen LogP contribution is 2.27. The summed E-state index contributed by atoms with van der Waals surface area (Å²) in [5, 5.41) is 19.6. The van der Waals surface area contributed by atoms with E-state index in [2.05, 4.69) is 30.6 Å². The zero-order chi connectivity index (χ0) is 23.5. The summed E-state index contributed by atoms with van der Waals surface area (Å²) in [4.78, 5) is 15.1. The zero-order valence-corrected chi connectivity index (χ0v) is 16.3. The molecule has 4 rings (SSSR count). The summed E-state index contributed by atoms with van der Waals surface area (Å²) in [5.74, 6) is 0.233. The number of rotatable bonds is 7. The van der Waals surface area contributed by atoms with Gasteiger partial charge in [-0.3, -0.25) is 10.1 Å². The molecule has 3 heterocycles. The summed E-state index contributed by atoms with van der Waals surface area (Å²) < 4.78 is 35.6. The minimum atomic E-state index is -2.95. The highest BCUT2D eigenvalue weighted by atomic mass is 32.1. The maximum absolute atomic E-state index is 12.9. The van der Waals surface area contributed by atoms with Gasteiger partial charge in [0.15, 0.2) is 11.9 Å². The van der Waals surface area contributed by atoms with Crippen LogP contribution in [-0.4, -0.2) is 46.4 Å². The normalized spacial score (nSPS) is 20.8. The molecule has 9 heteroatoms. The molecular formula is C20H22N6O2S. The Morgan fingerprint density at radius 1 is 1.34 bits per heavy atom. The lowest BCUT2D eigenvalue weighted by Crippen LogP contribution is -2.22. The van der Waals surface area contributed by atoms with E-state index < -0.39 is 19.0 Å². The number of benzene rings is 1. The molecule has 8 nitrogen and oxygen atoms in total. The van der Waals surface area contributed by atoms with Crippen LogP contribution in [0.5, 0.6) is 0 Å². The number of nitrogens with one attached hydrogen (secondary N) is 1. The summed E-state index contributed by atoms with van der Waals surface area (Å²) in [6, 6.07) is 11.6. The lowest BCUT2D eigenvalue weighted by atomic mass is 10.1. The second kappa shape index (κ2) is 9.06. The number of ether oxygens (including phenoxy) is 1. The van der Waals surface area contributed by atoms with Gasteiger partial charge in [-0.15, -0.1) is 15.3 Å². The Kier molecular flexibility index (Phi) is 4.69. The van der Waals surface area contributed by atoms with Gasteiger partial charge in [0.05, 0.1) is 5.48 Å². The lowest BCUT2D eigenvalue weighted by molar-refractivity contribution is -0.126. The molecule has 1 amide bonds. The van der Waals surface area contributed by atoms with Gasteiger partial charge in [0.2, 0.25) is 5.13 Å². The molecule has 0 bridgehead atoms. The number of hydrogen-bond donors (Lipinski definition) is 1. The fraction of sp³-hybridized carbons (Fsp3) is 0.350. The van der Waals surface area contributed by atoms with Gasteiger partial charge in [0.1, 0.15) is 5.01 Å². The van der Waals surface area contributed by atoms with E-state index in [1.165, 1.54) is 23.5 Å². The van der Waals surface area contributed by atoms with Gasteiger partial charge in [0, 0.05) is 32.7 Å². The molecule has 29 heavy (non-hydrogen) atoms. The molecule has 150 valence electrons. The SMILES string of the molecule is [2H]C([2H])([2H])O[C@]([2H])(C(=O)Nc1nnc(C[C@@H]2CCN(c3cccnn3)C2)s1)c1ccccc1. The summed E-state index contributed by atoms with van der Waals surface area (Å²) in [7, 11) is -2.95. The lowest BCUT2D eigenvalue weighted by Gasteiger charge is -2.15. The molecule has 2 atom stereocenters. The van der Waals surface area contributed by atoms with Gasteiger partial charge in [-0.1, -0.05) is 41.7 Å². The van der Waals surface area contributed by atoms with Crippen LogP contribution in [0.4, 0.5) is 10.9 Å². The van der Waals surface area contributed by atoms with E-state index in [9.17, 15) is 4.79 Å². The highest BCUT2D eigenvalue weighted by molar-refractivity contribution is 7.15. The largest absolute Gasteiger partial charge is 0.367 e. The monoisotopic (exact) mass is 414 g/mol. The predicted octanol–water partition coefficient (Wildman–Crippen LogP) is 2.72. The first kappa shape index (κ1) is 15.0. The first-order valence-electron chi connectivity index (χ1n) is 11.2. The van der Waals surface area contributed by atoms with Crippen LogP contribution in [-0.2, 0) is 16.0 Å². The average molecular weight is 415 g/mol. The summed E-state index contributed by atoms with van der Waals surface area (Å²) in [5.41, 5.74) is 0.0958. The van der Waals surface area contributed by atoms with Gasteiger partial charge in [0.25, 0.3) is 5.91 Å². The molecular weight excluding hydrogens is 388 g/mol. The van der Waals surface area contributed by atoms with E-state index in [1.54, 1.807) is 24.4 Å². The van der Waals surface area contributed by atoms with Crippen molar-refractivity contribution in [3.63, 3.8) is 0 Å². The number of carbonyl (C=O) groups excluding carboxylic acids is 1. The second-order valence-electron chi connectivity index (χ2n) is 6.64. The molecule has 0 radical (unpaired) electrons. The van der Waals surface area contributed by atoms with Crippen LogP contribution in [0.2, 0.25) is 0 Å². The maximum atomic E-state index is 12.9. The van der Waals surface area contributed by atoms with E-state index in [4.69, 9.17) is 10.2 Å². The smallest absolute Gasteiger partial charge is 0.259 e. The van der Waals surface area contributed by atoms with E-state index in [0.29, 0.717) is 12.3 Å². The zero-order valence-electron chi connectivity index (χ0n) is 19.5. The first-order chi connectivity index (χ1) is 15.7. The number of hydrogen-bond acceptors (Lipinski definition) is 8. The standard InChI is InChI=1S/C20H22N6O2S/c1-28-18(15-6-3-2-4-7-15)19(27)22-20-25-24-17(29-20)12-14-9-11-26(13-14)16-8-5-10-21-23-16/h2-8,10,14,18H,9,11-13H2,1H3,(H,22,25,27)/t14-,18-/m0/s1/i1D3,18D. The van der Waals surface area contributed by atoms with E-state index in [0.717, 1.165) is 30.3 Å². The van der Waals surface area contributed by atoms with Crippen LogP contribution in [0, 0.1) is 5.92 Å². The molecule has 0 unspecified atom stereocenters. The molecule has 1 fully saturated rings. The molecule has 1 aliphatic rings. The van der Waals surface area contributed by atoms with Gasteiger partial charge >= 0.3 is 0 Å². The molecule has 3 aromatic rings. The van der Waals surface area contributed by atoms with Crippen LogP contribution < -0.4 is 10.2 Å². The van der Waals surface area contributed by atoms with E-state index >= 15 is 0 Å². The van der Waals surface area contributed by atoms with E-state index in [1.807, 2.05) is 12.1 Å². The minimum absolute atomic E-state index is 0.0958. The van der Waals surface area contributed by atoms with Gasteiger partial charge in [-0.2, -0.15) is 5.10 Å². The van der Waals surface area contributed by atoms with Crippen molar-refractivity contribution in [1.29, 1.82) is 0 Å². The van der Waals surface area contributed by atoms with Crippen LogP contribution in [0.3, 0.4) is 0 Å². The predicted molar refractivity (Wildman–Crippen MR) is 111 cm³/mol. The number of aromatic nitrogens is 4.